The van der Waals surface area contributed by atoms with Crippen molar-refractivity contribution >= 4 is 28.5 Å². The summed E-state index contributed by atoms with van der Waals surface area (Å²) >= 11 is 1.07. The fraction of sp³-hybridized carbons (Fsp3) is 0.500. The summed E-state index contributed by atoms with van der Waals surface area (Å²) in [4.78, 5) is 26.9. The summed E-state index contributed by atoms with van der Waals surface area (Å²) in [7, 11) is 0. The number of thiazole rings is 1. The molecule has 1 aromatic heterocycles. The molecule has 10 heteroatoms. The molecule has 3 N–H and O–H groups in total. The molecule has 0 spiro atoms. The van der Waals surface area contributed by atoms with Crippen molar-refractivity contribution in [3.63, 3.8) is 0 Å². The van der Waals surface area contributed by atoms with Crippen molar-refractivity contribution in [2.75, 3.05) is 5.32 Å². The number of halogens is 3. The van der Waals surface area contributed by atoms with Gasteiger partial charge in [0.25, 0.3) is 0 Å². The lowest BCUT2D eigenvalue weighted by Gasteiger charge is -2.28. The number of amides is 2. The average molecular weight is 311 g/mol. The van der Waals surface area contributed by atoms with E-state index >= 15 is 0 Å². The van der Waals surface area contributed by atoms with Gasteiger partial charge in [0.2, 0.25) is 5.54 Å². The van der Waals surface area contributed by atoms with Crippen LogP contribution >= 0.6 is 11.3 Å². The van der Waals surface area contributed by atoms with Gasteiger partial charge in [-0.3, -0.25) is 5.32 Å². The van der Waals surface area contributed by atoms with Crippen molar-refractivity contribution < 1.29 is 27.9 Å². The first kappa shape index (κ1) is 16.2. The number of anilines is 1. The van der Waals surface area contributed by atoms with E-state index in [0.717, 1.165) is 16.2 Å². The Morgan fingerprint density at radius 3 is 2.20 bits per heavy atom. The molecule has 1 heterocycles. The Hall–Kier alpha value is -1.84. The topological polar surface area (TPSA) is 91.3 Å². The second-order valence-corrected chi connectivity index (χ2v) is 5.37. The van der Waals surface area contributed by atoms with Crippen LogP contribution in [0, 0.1) is 13.8 Å². The van der Waals surface area contributed by atoms with Crippen LogP contribution in [0.3, 0.4) is 0 Å². The van der Waals surface area contributed by atoms with E-state index in [-0.39, 0.29) is 5.13 Å². The summed E-state index contributed by atoms with van der Waals surface area (Å²) in [5, 5.41) is 12.2. The first-order valence-electron chi connectivity index (χ1n) is 5.30. The standard InChI is InChI=1S/C10H12F3N3O3S/c1-4-5(2)20-8(14-4)15-7(19)16-9(3,6(17)18)10(11,12)13/h1-3H3,(H,17,18)(H2,14,15,16,19). The third-order valence-electron chi connectivity index (χ3n) is 2.61. The number of alkyl halides is 3. The van der Waals surface area contributed by atoms with Crippen LogP contribution in [-0.2, 0) is 4.79 Å². The number of carbonyl (C=O) groups excluding carboxylic acids is 1. The number of carboxylic acid groups (broad SMARTS) is 1. The molecule has 0 aliphatic carbocycles. The number of carbonyl (C=O) groups is 2. The molecule has 0 aromatic carbocycles. The lowest BCUT2D eigenvalue weighted by molar-refractivity contribution is -0.203. The molecular weight excluding hydrogens is 299 g/mol. The summed E-state index contributed by atoms with van der Waals surface area (Å²) in [5.74, 6) is -2.20. The van der Waals surface area contributed by atoms with Crippen LogP contribution in [0.4, 0.5) is 23.1 Å². The number of aliphatic carboxylic acids is 1. The highest BCUT2D eigenvalue weighted by Crippen LogP contribution is 2.30. The first-order chi connectivity index (χ1) is 8.97. The van der Waals surface area contributed by atoms with Crippen molar-refractivity contribution in [1.82, 2.24) is 10.3 Å². The van der Waals surface area contributed by atoms with E-state index < -0.39 is 23.7 Å². The van der Waals surface area contributed by atoms with Gasteiger partial charge in [0.1, 0.15) is 0 Å². The summed E-state index contributed by atoms with van der Waals surface area (Å²) in [5.41, 5.74) is -2.75. The van der Waals surface area contributed by atoms with E-state index in [4.69, 9.17) is 5.11 Å². The minimum absolute atomic E-state index is 0.0902. The molecular formula is C10H12F3N3O3S. The summed E-state index contributed by atoms with van der Waals surface area (Å²) < 4.78 is 38.1. The molecule has 0 saturated heterocycles. The van der Waals surface area contributed by atoms with Gasteiger partial charge in [-0.15, -0.1) is 11.3 Å². The third kappa shape index (κ3) is 3.18. The molecule has 1 atom stereocenters. The monoisotopic (exact) mass is 311 g/mol. The average Bonchev–Trinajstić information content (AvgIpc) is 2.55. The number of nitrogens with one attached hydrogen (secondary N) is 2. The molecule has 0 aliphatic heterocycles. The van der Waals surface area contributed by atoms with Crippen LogP contribution in [0.1, 0.15) is 17.5 Å². The second-order valence-electron chi connectivity index (χ2n) is 4.17. The lowest BCUT2D eigenvalue weighted by atomic mass is 10.0. The van der Waals surface area contributed by atoms with E-state index in [9.17, 15) is 22.8 Å². The molecule has 112 valence electrons. The smallest absolute Gasteiger partial charge is 0.422 e. The second kappa shape index (κ2) is 5.27. The van der Waals surface area contributed by atoms with Crippen molar-refractivity contribution in [2.24, 2.45) is 0 Å². The molecule has 1 rings (SSSR count). The molecule has 20 heavy (non-hydrogen) atoms. The number of aryl methyl sites for hydroxylation is 2. The summed E-state index contributed by atoms with van der Waals surface area (Å²) in [6.07, 6.45) is -5.13. The van der Waals surface area contributed by atoms with Gasteiger partial charge in [0, 0.05) is 4.88 Å². The van der Waals surface area contributed by atoms with Crippen LogP contribution in [0.5, 0.6) is 0 Å². The fourth-order valence-electron chi connectivity index (χ4n) is 1.13. The van der Waals surface area contributed by atoms with Crippen molar-refractivity contribution in [3.8, 4) is 0 Å². The molecule has 0 bridgehead atoms. The Balaban J connectivity index is 2.85. The molecule has 6 nitrogen and oxygen atoms in total. The number of hydrogen-bond acceptors (Lipinski definition) is 4. The molecule has 1 unspecified atom stereocenters. The normalized spacial score (nSPS) is 14.5. The van der Waals surface area contributed by atoms with Gasteiger partial charge in [0.05, 0.1) is 5.69 Å². The molecule has 0 radical (unpaired) electrons. The van der Waals surface area contributed by atoms with Gasteiger partial charge in [-0.1, -0.05) is 0 Å². The van der Waals surface area contributed by atoms with Gasteiger partial charge in [0.15, 0.2) is 5.13 Å². The predicted molar refractivity (Wildman–Crippen MR) is 65.8 cm³/mol. The van der Waals surface area contributed by atoms with Crippen LogP contribution in [0.15, 0.2) is 0 Å². The highest BCUT2D eigenvalue weighted by molar-refractivity contribution is 7.15. The van der Waals surface area contributed by atoms with E-state index in [1.807, 2.05) is 0 Å². The van der Waals surface area contributed by atoms with E-state index in [1.165, 1.54) is 5.32 Å². The Bertz CT molecular complexity index is 524. The Morgan fingerprint density at radius 1 is 1.30 bits per heavy atom. The van der Waals surface area contributed by atoms with Gasteiger partial charge >= 0.3 is 18.2 Å². The van der Waals surface area contributed by atoms with Crippen LogP contribution < -0.4 is 10.6 Å². The van der Waals surface area contributed by atoms with E-state index in [1.54, 1.807) is 13.8 Å². The number of carboxylic acids is 1. The zero-order chi connectivity index (χ0) is 15.7. The van der Waals surface area contributed by atoms with Crippen LogP contribution in [0.25, 0.3) is 0 Å². The molecule has 0 aliphatic rings. The Kier molecular flexibility index (Phi) is 4.27. The maximum absolute atomic E-state index is 12.7. The first-order valence-corrected chi connectivity index (χ1v) is 6.12. The van der Waals surface area contributed by atoms with E-state index in [0.29, 0.717) is 12.6 Å². The zero-order valence-electron chi connectivity index (χ0n) is 10.8. The SMILES string of the molecule is Cc1nc(NC(=O)NC(C)(C(=O)O)C(F)(F)F)sc1C. The minimum Gasteiger partial charge on any atom is -0.479 e. The van der Waals surface area contributed by atoms with Gasteiger partial charge < -0.3 is 10.4 Å². The minimum atomic E-state index is -5.13. The maximum atomic E-state index is 12.7. The largest absolute Gasteiger partial charge is 0.479 e. The molecule has 0 fully saturated rings. The van der Waals surface area contributed by atoms with Crippen molar-refractivity contribution in [2.45, 2.75) is 32.5 Å². The number of rotatable bonds is 3. The van der Waals surface area contributed by atoms with Crippen LogP contribution in [-0.4, -0.2) is 33.8 Å². The van der Waals surface area contributed by atoms with Crippen molar-refractivity contribution in [3.05, 3.63) is 10.6 Å². The van der Waals surface area contributed by atoms with E-state index in [2.05, 4.69) is 10.3 Å². The number of nitrogens with zero attached hydrogens (tertiary/aromatic N) is 1. The van der Waals surface area contributed by atoms with Crippen molar-refractivity contribution in [1.29, 1.82) is 0 Å². The number of urea groups is 1. The molecule has 2 amide bonds. The third-order valence-corrected chi connectivity index (χ3v) is 3.60. The fourth-order valence-corrected chi connectivity index (χ4v) is 1.94. The Labute approximate surface area is 116 Å². The predicted octanol–water partition coefficient (Wildman–Crippen LogP) is 2.29. The highest BCUT2D eigenvalue weighted by Gasteiger charge is 2.58. The van der Waals surface area contributed by atoms with Gasteiger partial charge in [-0.25, -0.2) is 14.6 Å². The highest BCUT2D eigenvalue weighted by atomic mass is 32.1. The Morgan fingerprint density at radius 2 is 1.85 bits per heavy atom. The lowest BCUT2D eigenvalue weighted by Crippen LogP contribution is -2.62. The molecule has 1 aromatic rings. The maximum Gasteiger partial charge on any atom is 0.422 e. The molecule has 0 saturated carbocycles. The number of aromatic nitrogens is 1. The van der Waals surface area contributed by atoms with Gasteiger partial charge in [-0.2, -0.15) is 13.2 Å². The van der Waals surface area contributed by atoms with Gasteiger partial charge in [-0.05, 0) is 20.8 Å². The number of hydrogen-bond donors (Lipinski definition) is 3. The summed E-state index contributed by atoms with van der Waals surface area (Å²) in [6, 6.07) is -1.29. The zero-order valence-corrected chi connectivity index (χ0v) is 11.6. The summed E-state index contributed by atoms with van der Waals surface area (Å²) in [6.45, 7) is 3.77. The quantitative estimate of drug-likeness (QED) is 0.798. The van der Waals surface area contributed by atoms with Crippen LogP contribution in [0.2, 0.25) is 0 Å².